The Balaban J connectivity index is 1.80. The Hall–Kier alpha value is -1.63. The minimum atomic E-state index is -0.806. The predicted octanol–water partition coefficient (Wildman–Crippen LogP) is 1.71. The highest BCUT2D eigenvalue weighted by Gasteiger charge is 2.33. The normalized spacial score (nSPS) is 16.8. The molecule has 0 aliphatic carbocycles. The lowest BCUT2D eigenvalue weighted by Crippen LogP contribution is -2.54. The Bertz CT molecular complexity index is 443. The molecule has 1 saturated heterocycles. The summed E-state index contributed by atoms with van der Waals surface area (Å²) in [7, 11) is 0. The molecule has 7 heteroatoms. The summed E-state index contributed by atoms with van der Waals surface area (Å²) in [5, 5.41) is 14.4. The third-order valence-corrected chi connectivity index (χ3v) is 4.05. The van der Waals surface area contributed by atoms with Gasteiger partial charge in [-0.15, -0.1) is 11.3 Å². The fourth-order valence-corrected chi connectivity index (χ4v) is 2.87. The largest absolute Gasteiger partial charge is 0.481 e. The Morgan fingerprint density at radius 3 is 2.89 bits per heavy atom. The zero-order valence-corrected chi connectivity index (χ0v) is 11.5. The summed E-state index contributed by atoms with van der Waals surface area (Å²) in [5.74, 6) is -0.720. The maximum atomic E-state index is 12.0. The molecule has 0 saturated carbocycles. The maximum Gasteiger partial charge on any atom is 0.317 e. The van der Waals surface area contributed by atoms with E-state index in [1.54, 1.807) is 11.1 Å². The van der Waals surface area contributed by atoms with E-state index >= 15 is 0 Å². The summed E-state index contributed by atoms with van der Waals surface area (Å²) in [4.78, 5) is 28.3. The minimum Gasteiger partial charge on any atom is -0.481 e. The molecule has 1 aliphatic rings. The number of aromatic nitrogens is 1. The van der Waals surface area contributed by atoms with Crippen LogP contribution in [0, 0.1) is 5.92 Å². The second kappa shape index (κ2) is 6.01. The number of hydrogen-bond acceptors (Lipinski definition) is 4. The van der Waals surface area contributed by atoms with E-state index in [2.05, 4.69) is 10.3 Å². The lowest BCUT2D eigenvalue weighted by molar-refractivity contribution is -0.139. The fraction of sp³-hybridized carbons (Fsp3) is 0.583. The van der Waals surface area contributed by atoms with Gasteiger partial charge in [-0.2, -0.15) is 0 Å². The van der Waals surface area contributed by atoms with Crippen molar-refractivity contribution in [3.8, 4) is 0 Å². The van der Waals surface area contributed by atoms with Crippen molar-refractivity contribution in [2.75, 3.05) is 13.1 Å². The molecule has 2 heterocycles. The number of hydrogen-bond donors (Lipinski definition) is 2. The summed E-state index contributed by atoms with van der Waals surface area (Å²) < 4.78 is 0. The lowest BCUT2D eigenvalue weighted by Gasteiger charge is -2.39. The molecule has 19 heavy (non-hydrogen) atoms. The highest BCUT2D eigenvalue weighted by molar-refractivity contribution is 7.09. The maximum absolute atomic E-state index is 12.0. The van der Waals surface area contributed by atoms with Gasteiger partial charge < -0.3 is 15.3 Å². The number of rotatable bonds is 5. The third kappa shape index (κ3) is 3.44. The lowest BCUT2D eigenvalue weighted by atomic mass is 9.97. The number of carbonyl (C=O) groups excluding carboxylic acids is 1. The average Bonchev–Trinajstić information content (AvgIpc) is 2.83. The second-order valence-electron chi connectivity index (χ2n) is 4.65. The number of thiazole rings is 1. The van der Waals surface area contributed by atoms with Crippen LogP contribution in [0.2, 0.25) is 0 Å². The smallest absolute Gasteiger partial charge is 0.317 e. The third-order valence-electron chi connectivity index (χ3n) is 3.16. The minimum absolute atomic E-state index is 0.0639. The zero-order chi connectivity index (χ0) is 13.8. The van der Waals surface area contributed by atoms with Crippen molar-refractivity contribution in [2.45, 2.75) is 25.8 Å². The van der Waals surface area contributed by atoms with E-state index < -0.39 is 5.97 Å². The number of carboxylic acids is 1. The van der Waals surface area contributed by atoms with Crippen molar-refractivity contribution in [2.24, 2.45) is 5.92 Å². The number of carboxylic acid groups (broad SMARTS) is 1. The molecule has 1 atom stereocenters. The molecule has 104 valence electrons. The van der Waals surface area contributed by atoms with E-state index in [-0.39, 0.29) is 24.4 Å². The first-order chi connectivity index (χ1) is 9.10. The van der Waals surface area contributed by atoms with Gasteiger partial charge in [0.25, 0.3) is 0 Å². The molecule has 1 unspecified atom stereocenters. The van der Waals surface area contributed by atoms with Crippen LogP contribution in [-0.2, 0) is 4.79 Å². The summed E-state index contributed by atoms with van der Waals surface area (Å²) in [6.07, 6.45) is 2.64. The molecule has 0 spiro atoms. The van der Waals surface area contributed by atoms with Crippen LogP contribution in [0.25, 0.3) is 0 Å². The Morgan fingerprint density at radius 2 is 2.37 bits per heavy atom. The molecule has 2 amide bonds. The predicted molar refractivity (Wildman–Crippen MR) is 71.0 cm³/mol. The van der Waals surface area contributed by atoms with Crippen molar-refractivity contribution in [1.82, 2.24) is 15.2 Å². The first-order valence-electron chi connectivity index (χ1n) is 6.26. The van der Waals surface area contributed by atoms with Gasteiger partial charge in [-0.05, 0) is 6.42 Å². The van der Waals surface area contributed by atoms with Gasteiger partial charge in [0.1, 0.15) is 5.01 Å². The Labute approximate surface area is 115 Å². The van der Waals surface area contributed by atoms with Gasteiger partial charge in [0.2, 0.25) is 0 Å². The van der Waals surface area contributed by atoms with Gasteiger partial charge in [0.05, 0.1) is 12.5 Å². The fourth-order valence-electron chi connectivity index (χ4n) is 2.10. The van der Waals surface area contributed by atoms with Crippen LogP contribution in [0.5, 0.6) is 0 Å². The van der Waals surface area contributed by atoms with E-state index in [1.165, 1.54) is 11.3 Å². The van der Waals surface area contributed by atoms with Crippen molar-refractivity contribution in [1.29, 1.82) is 0 Å². The van der Waals surface area contributed by atoms with Gasteiger partial charge in [0, 0.05) is 30.6 Å². The SMILES string of the molecule is CCC(NC(=O)N1CC(CC(=O)O)C1)c1nccs1. The molecule has 1 fully saturated rings. The molecule has 6 nitrogen and oxygen atoms in total. The molecule has 0 bridgehead atoms. The Kier molecular flexibility index (Phi) is 4.36. The topological polar surface area (TPSA) is 82.5 Å². The monoisotopic (exact) mass is 283 g/mol. The number of nitrogens with zero attached hydrogens (tertiary/aromatic N) is 2. The van der Waals surface area contributed by atoms with Crippen molar-refractivity contribution in [3.63, 3.8) is 0 Å². The second-order valence-corrected chi connectivity index (χ2v) is 5.58. The summed E-state index contributed by atoms with van der Waals surface area (Å²) in [5.41, 5.74) is 0. The molecular weight excluding hydrogens is 266 g/mol. The van der Waals surface area contributed by atoms with Crippen LogP contribution < -0.4 is 5.32 Å². The standard InChI is InChI=1S/C12H17N3O3S/c1-2-9(11-13-3-4-19-11)14-12(18)15-6-8(7-15)5-10(16)17/h3-4,8-9H,2,5-7H2,1H3,(H,14,18)(H,16,17). The summed E-state index contributed by atoms with van der Waals surface area (Å²) in [6.45, 7) is 3.04. The Morgan fingerprint density at radius 1 is 1.63 bits per heavy atom. The van der Waals surface area contributed by atoms with Crippen LogP contribution in [0.15, 0.2) is 11.6 Å². The molecule has 0 aromatic carbocycles. The van der Waals surface area contributed by atoms with Gasteiger partial charge >= 0.3 is 12.0 Å². The number of urea groups is 1. The van der Waals surface area contributed by atoms with Gasteiger partial charge in [0.15, 0.2) is 0 Å². The van der Waals surface area contributed by atoms with Crippen LogP contribution in [0.4, 0.5) is 4.79 Å². The highest BCUT2D eigenvalue weighted by Crippen LogP contribution is 2.22. The first-order valence-corrected chi connectivity index (χ1v) is 7.14. The van der Waals surface area contributed by atoms with E-state index in [9.17, 15) is 9.59 Å². The number of nitrogens with one attached hydrogen (secondary N) is 1. The summed E-state index contributed by atoms with van der Waals surface area (Å²) >= 11 is 1.52. The van der Waals surface area contributed by atoms with Crippen molar-refractivity contribution < 1.29 is 14.7 Å². The van der Waals surface area contributed by atoms with E-state index in [0.717, 1.165) is 11.4 Å². The van der Waals surface area contributed by atoms with Crippen LogP contribution in [0.3, 0.4) is 0 Å². The number of carbonyl (C=O) groups is 2. The number of amides is 2. The van der Waals surface area contributed by atoms with Crippen LogP contribution >= 0.6 is 11.3 Å². The van der Waals surface area contributed by atoms with Crippen molar-refractivity contribution in [3.05, 3.63) is 16.6 Å². The molecule has 0 radical (unpaired) electrons. The quantitative estimate of drug-likeness (QED) is 0.861. The number of likely N-dealkylation sites (tertiary alicyclic amines) is 1. The summed E-state index contributed by atoms with van der Waals surface area (Å²) in [6, 6.07) is -0.199. The zero-order valence-electron chi connectivity index (χ0n) is 10.7. The van der Waals surface area contributed by atoms with Crippen LogP contribution in [-0.4, -0.2) is 40.1 Å². The van der Waals surface area contributed by atoms with Gasteiger partial charge in [-0.3, -0.25) is 4.79 Å². The first kappa shape index (κ1) is 13.8. The van der Waals surface area contributed by atoms with Crippen molar-refractivity contribution >= 4 is 23.3 Å². The molecule has 1 aromatic rings. The molecule has 2 N–H and O–H groups in total. The molecule has 2 rings (SSSR count). The van der Waals surface area contributed by atoms with Gasteiger partial charge in [-0.25, -0.2) is 9.78 Å². The number of aliphatic carboxylic acids is 1. The molecule has 1 aliphatic heterocycles. The van der Waals surface area contributed by atoms with Gasteiger partial charge in [-0.1, -0.05) is 6.92 Å². The van der Waals surface area contributed by atoms with E-state index in [4.69, 9.17) is 5.11 Å². The molecule has 1 aromatic heterocycles. The van der Waals surface area contributed by atoms with E-state index in [0.29, 0.717) is 13.1 Å². The van der Waals surface area contributed by atoms with Crippen LogP contribution in [0.1, 0.15) is 30.8 Å². The van der Waals surface area contributed by atoms with E-state index in [1.807, 2.05) is 12.3 Å². The average molecular weight is 283 g/mol. The molecular formula is C12H17N3O3S. The highest BCUT2D eigenvalue weighted by atomic mass is 32.1.